The zero-order chi connectivity index (χ0) is 10.9. The average Bonchev–Trinajstić information content (AvgIpc) is 2.68. The van der Waals surface area contributed by atoms with E-state index in [9.17, 15) is 9.59 Å². The van der Waals surface area contributed by atoms with Crippen LogP contribution in [0, 0.1) is 11.3 Å². The summed E-state index contributed by atoms with van der Waals surface area (Å²) >= 11 is 0. The number of rotatable bonds is 3. The molecule has 84 valence electrons. The number of methoxy groups -OCH3 is 1. The maximum absolute atomic E-state index is 12.2. The van der Waals surface area contributed by atoms with Gasteiger partial charge in [-0.05, 0) is 12.8 Å². The van der Waals surface area contributed by atoms with Crippen molar-refractivity contribution in [3.63, 3.8) is 0 Å². The van der Waals surface area contributed by atoms with E-state index in [2.05, 4.69) is 0 Å². The smallest absolute Gasteiger partial charge is 0.324 e. The lowest BCUT2D eigenvalue weighted by molar-refractivity contribution is -0.188. The third-order valence-electron chi connectivity index (χ3n) is 3.47. The Balaban J connectivity index is 2.11. The van der Waals surface area contributed by atoms with Crippen molar-refractivity contribution >= 4 is 11.8 Å². The summed E-state index contributed by atoms with van der Waals surface area (Å²) in [4.78, 5) is 23.8. The second kappa shape index (κ2) is 3.93. The topological polar surface area (TPSA) is 52.6 Å². The highest BCUT2D eigenvalue weighted by Gasteiger charge is 2.55. The first kappa shape index (κ1) is 10.6. The minimum absolute atomic E-state index is 0.0399. The lowest BCUT2D eigenvalue weighted by Gasteiger charge is -2.38. The summed E-state index contributed by atoms with van der Waals surface area (Å²) in [5.74, 6) is -0.336. The molecule has 4 heteroatoms. The normalized spacial score (nSPS) is 24.6. The highest BCUT2D eigenvalue weighted by Crippen LogP contribution is 2.38. The van der Waals surface area contributed by atoms with Crippen LogP contribution in [0.1, 0.15) is 25.7 Å². The molecule has 0 bridgehead atoms. The zero-order valence-corrected chi connectivity index (χ0v) is 8.95. The summed E-state index contributed by atoms with van der Waals surface area (Å²) in [6.45, 7) is 0.407. The van der Waals surface area contributed by atoms with Crippen molar-refractivity contribution in [2.45, 2.75) is 25.7 Å². The Morgan fingerprint density at radius 3 is 2.27 bits per heavy atom. The Kier molecular flexibility index (Phi) is 2.78. The molecule has 0 aromatic heterocycles. The highest BCUT2D eigenvalue weighted by molar-refractivity contribution is 6.06. The molecule has 0 amide bonds. The van der Waals surface area contributed by atoms with Gasteiger partial charge in [-0.3, -0.25) is 9.59 Å². The quantitative estimate of drug-likeness (QED) is 0.516. The van der Waals surface area contributed by atoms with Gasteiger partial charge in [0.25, 0.3) is 0 Å². The zero-order valence-electron chi connectivity index (χ0n) is 8.95. The van der Waals surface area contributed by atoms with Gasteiger partial charge in [0.2, 0.25) is 0 Å². The van der Waals surface area contributed by atoms with E-state index in [1.165, 1.54) is 7.11 Å². The lowest BCUT2D eigenvalue weighted by atomic mass is 9.75. The first-order valence-electron chi connectivity index (χ1n) is 5.41. The van der Waals surface area contributed by atoms with Gasteiger partial charge in [-0.1, -0.05) is 12.8 Å². The number of Topliss-reactive ketones (excluding diaryl/α,β-unsaturated/α-hetero) is 1. The largest absolute Gasteiger partial charge is 0.468 e. The molecule has 1 saturated heterocycles. The molecular weight excluding hydrogens is 196 g/mol. The van der Waals surface area contributed by atoms with Gasteiger partial charge in [0.1, 0.15) is 0 Å². The standard InChI is InChI=1S/C11H16O4/c1-14-10(13)11(6-15-7-11)9(12)8-4-2-3-5-8/h8H,2-7H2,1H3. The monoisotopic (exact) mass is 212 g/mol. The fourth-order valence-electron chi connectivity index (χ4n) is 2.44. The van der Waals surface area contributed by atoms with Crippen LogP contribution in [0.5, 0.6) is 0 Å². The van der Waals surface area contributed by atoms with Crippen molar-refractivity contribution in [3.05, 3.63) is 0 Å². The van der Waals surface area contributed by atoms with E-state index in [1.54, 1.807) is 0 Å². The molecule has 2 fully saturated rings. The molecule has 0 unspecified atom stereocenters. The van der Waals surface area contributed by atoms with Crippen LogP contribution < -0.4 is 0 Å². The number of carbonyl (C=O) groups is 2. The van der Waals surface area contributed by atoms with Crippen molar-refractivity contribution in [3.8, 4) is 0 Å². The molecule has 0 aromatic rings. The Morgan fingerprint density at radius 1 is 1.27 bits per heavy atom. The molecule has 0 spiro atoms. The second-order valence-electron chi connectivity index (χ2n) is 4.41. The molecule has 0 aromatic carbocycles. The number of carbonyl (C=O) groups excluding carboxylic acids is 2. The molecule has 0 N–H and O–H groups in total. The predicted molar refractivity (Wildman–Crippen MR) is 52.2 cm³/mol. The minimum Gasteiger partial charge on any atom is -0.468 e. The van der Waals surface area contributed by atoms with Crippen LogP contribution in [0.2, 0.25) is 0 Å². The van der Waals surface area contributed by atoms with E-state index >= 15 is 0 Å². The minimum atomic E-state index is -0.968. The van der Waals surface area contributed by atoms with E-state index in [0.717, 1.165) is 25.7 Å². The molecule has 0 atom stereocenters. The Labute approximate surface area is 88.9 Å². The van der Waals surface area contributed by atoms with Crippen molar-refractivity contribution in [1.29, 1.82) is 0 Å². The Hall–Kier alpha value is -0.900. The van der Waals surface area contributed by atoms with Crippen LogP contribution in [0.15, 0.2) is 0 Å². The molecule has 15 heavy (non-hydrogen) atoms. The Morgan fingerprint density at radius 2 is 1.87 bits per heavy atom. The third-order valence-corrected chi connectivity index (χ3v) is 3.47. The summed E-state index contributed by atoms with van der Waals surface area (Å²) in [6.07, 6.45) is 4.01. The average molecular weight is 212 g/mol. The van der Waals surface area contributed by atoms with Gasteiger partial charge in [-0.25, -0.2) is 0 Å². The van der Waals surface area contributed by atoms with Gasteiger partial charge in [-0.15, -0.1) is 0 Å². The van der Waals surface area contributed by atoms with Crippen LogP contribution in [0.4, 0.5) is 0 Å². The fraction of sp³-hybridized carbons (Fsp3) is 0.818. The van der Waals surface area contributed by atoms with Crippen molar-refractivity contribution in [1.82, 2.24) is 0 Å². The maximum Gasteiger partial charge on any atom is 0.324 e. The van der Waals surface area contributed by atoms with E-state index in [-0.39, 0.29) is 24.9 Å². The van der Waals surface area contributed by atoms with Crippen LogP contribution in [0.3, 0.4) is 0 Å². The number of hydrogen-bond acceptors (Lipinski definition) is 4. The first-order chi connectivity index (χ1) is 7.20. The maximum atomic E-state index is 12.2. The predicted octanol–water partition coefficient (Wildman–Crippen LogP) is 0.935. The van der Waals surface area contributed by atoms with E-state index in [0.29, 0.717) is 0 Å². The fourth-order valence-corrected chi connectivity index (χ4v) is 2.44. The van der Waals surface area contributed by atoms with Crippen molar-refractivity contribution in [2.75, 3.05) is 20.3 Å². The summed E-state index contributed by atoms with van der Waals surface area (Å²) in [7, 11) is 1.32. The SMILES string of the molecule is COC(=O)C1(C(=O)C2CCCC2)COC1. The molecular formula is C11H16O4. The van der Waals surface area contributed by atoms with Gasteiger partial charge in [0, 0.05) is 5.92 Å². The molecule has 1 aliphatic carbocycles. The van der Waals surface area contributed by atoms with E-state index < -0.39 is 11.4 Å². The molecule has 2 rings (SSSR count). The summed E-state index contributed by atoms with van der Waals surface area (Å²) < 4.78 is 9.72. The summed E-state index contributed by atoms with van der Waals surface area (Å²) in [6, 6.07) is 0. The van der Waals surface area contributed by atoms with Crippen LogP contribution in [0.25, 0.3) is 0 Å². The van der Waals surface area contributed by atoms with Gasteiger partial charge in [-0.2, -0.15) is 0 Å². The molecule has 1 aliphatic heterocycles. The van der Waals surface area contributed by atoms with E-state index in [1.807, 2.05) is 0 Å². The van der Waals surface area contributed by atoms with Gasteiger partial charge >= 0.3 is 5.97 Å². The van der Waals surface area contributed by atoms with Gasteiger partial charge in [0.05, 0.1) is 20.3 Å². The van der Waals surface area contributed by atoms with Crippen LogP contribution in [-0.4, -0.2) is 32.1 Å². The highest BCUT2D eigenvalue weighted by atomic mass is 16.5. The number of hydrogen-bond donors (Lipinski definition) is 0. The first-order valence-corrected chi connectivity index (χ1v) is 5.41. The van der Waals surface area contributed by atoms with Gasteiger partial charge in [0.15, 0.2) is 11.2 Å². The van der Waals surface area contributed by atoms with Crippen LogP contribution >= 0.6 is 0 Å². The number of ether oxygens (including phenoxy) is 2. The second-order valence-corrected chi connectivity index (χ2v) is 4.41. The molecule has 0 radical (unpaired) electrons. The van der Waals surface area contributed by atoms with Crippen LogP contribution in [-0.2, 0) is 19.1 Å². The van der Waals surface area contributed by atoms with Crippen molar-refractivity contribution < 1.29 is 19.1 Å². The lowest BCUT2D eigenvalue weighted by Crippen LogP contribution is -2.57. The molecule has 2 aliphatic rings. The van der Waals surface area contributed by atoms with E-state index in [4.69, 9.17) is 9.47 Å². The summed E-state index contributed by atoms with van der Waals surface area (Å²) in [5, 5.41) is 0. The van der Waals surface area contributed by atoms with Crippen molar-refractivity contribution in [2.24, 2.45) is 11.3 Å². The molecule has 1 saturated carbocycles. The number of esters is 1. The molecule has 4 nitrogen and oxygen atoms in total. The summed E-state index contributed by atoms with van der Waals surface area (Å²) in [5.41, 5.74) is -0.968. The third kappa shape index (κ3) is 1.57. The molecule has 1 heterocycles. The number of ketones is 1. The Bertz CT molecular complexity index is 274. The van der Waals surface area contributed by atoms with Gasteiger partial charge < -0.3 is 9.47 Å².